The average molecular weight is 166 g/mol. The van der Waals surface area contributed by atoms with Crippen molar-refractivity contribution in [2.45, 2.75) is 26.2 Å². The maximum Gasteiger partial charge on any atom is 0.0894 e. The maximum absolute atomic E-state index is 11.8. The highest BCUT2D eigenvalue weighted by atomic mass is 19.1. The van der Waals surface area contributed by atoms with E-state index in [1.165, 1.54) is 11.1 Å². The predicted octanol–water partition coefficient (Wildman–Crippen LogP) is 3.29. The Morgan fingerprint density at radius 3 is 2.33 bits per heavy atom. The van der Waals surface area contributed by atoms with E-state index in [9.17, 15) is 4.39 Å². The zero-order chi connectivity index (χ0) is 8.81. The Bertz CT molecular complexity index is 213. The Balaban J connectivity index is 2.37. The SMILES string of the molecule is Cc1ccc(CCCCF)cc1. The van der Waals surface area contributed by atoms with Gasteiger partial charge in [-0.25, -0.2) is 0 Å². The third-order valence-electron chi connectivity index (χ3n) is 1.97. The van der Waals surface area contributed by atoms with Gasteiger partial charge in [-0.05, 0) is 31.7 Å². The van der Waals surface area contributed by atoms with Crippen LogP contribution in [-0.4, -0.2) is 6.67 Å². The lowest BCUT2D eigenvalue weighted by atomic mass is 10.1. The molecule has 0 unspecified atom stereocenters. The minimum Gasteiger partial charge on any atom is -0.251 e. The molecule has 0 aromatic heterocycles. The topological polar surface area (TPSA) is 0 Å². The summed E-state index contributed by atoms with van der Waals surface area (Å²) < 4.78 is 11.8. The molecule has 0 nitrogen and oxygen atoms in total. The Hall–Kier alpha value is -0.850. The smallest absolute Gasteiger partial charge is 0.0894 e. The molecule has 0 fully saturated rings. The minimum absolute atomic E-state index is 0.189. The first kappa shape index (κ1) is 9.24. The molecule has 1 aromatic rings. The zero-order valence-electron chi connectivity index (χ0n) is 7.52. The second kappa shape index (κ2) is 4.91. The van der Waals surface area contributed by atoms with Gasteiger partial charge in [-0.2, -0.15) is 0 Å². The van der Waals surface area contributed by atoms with E-state index in [2.05, 4.69) is 31.2 Å². The molecular weight excluding hydrogens is 151 g/mol. The van der Waals surface area contributed by atoms with Crippen molar-refractivity contribution in [1.82, 2.24) is 0 Å². The van der Waals surface area contributed by atoms with Gasteiger partial charge < -0.3 is 0 Å². The Morgan fingerprint density at radius 2 is 1.75 bits per heavy atom. The highest BCUT2D eigenvalue weighted by molar-refractivity contribution is 5.21. The first-order valence-corrected chi connectivity index (χ1v) is 4.44. The normalized spacial score (nSPS) is 10.2. The van der Waals surface area contributed by atoms with Crippen LogP contribution in [0.3, 0.4) is 0 Å². The lowest BCUT2D eigenvalue weighted by Crippen LogP contribution is -1.86. The number of hydrogen-bond donors (Lipinski definition) is 0. The molecule has 0 bridgehead atoms. The fourth-order valence-electron chi connectivity index (χ4n) is 1.18. The van der Waals surface area contributed by atoms with E-state index < -0.39 is 0 Å². The lowest BCUT2D eigenvalue weighted by Gasteiger charge is -1.99. The number of unbranched alkanes of at least 4 members (excludes halogenated alkanes) is 1. The van der Waals surface area contributed by atoms with Crippen LogP contribution in [0.5, 0.6) is 0 Å². The quantitative estimate of drug-likeness (QED) is 0.602. The summed E-state index contributed by atoms with van der Waals surface area (Å²) in [4.78, 5) is 0. The van der Waals surface area contributed by atoms with Crippen molar-refractivity contribution in [1.29, 1.82) is 0 Å². The Labute approximate surface area is 73.4 Å². The largest absolute Gasteiger partial charge is 0.251 e. The number of alkyl halides is 1. The van der Waals surface area contributed by atoms with Crippen molar-refractivity contribution in [3.8, 4) is 0 Å². The monoisotopic (exact) mass is 166 g/mol. The summed E-state index contributed by atoms with van der Waals surface area (Å²) in [6.45, 7) is 1.89. The number of halogens is 1. The molecule has 0 spiro atoms. The third kappa shape index (κ3) is 3.04. The highest BCUT2D eigenvalue weighted by Crippen LogP contribution is 2.06. The van der Waals surface area contributed by atoms with Gasteiger partial charge in [0.2, 0.25) is 0 Å². The first-order chi connectivity index (χ1) is 5.83. The van der Waals surface area contributed by atoms with Crippen LogP contribution in [0.1, 0.15) is 24.0 Å². The number of aryl methyl sites for hydroxylation is 2. The molecule has 0 heterocycles. The molecule has 1 aromatic carbocycles. The van der Waals surface area contributed by atoms with Gasteiger partial charge >= 0.3 is 0 Å². The van der Waals surface area contributed by atoms with Crippen molar-refractivity contribution in [3.63, 3.8) is 0 Å². The van der Waals surface area contributed by atoms with Gasteiger partial charge in [0.05, 0.1) is 6.67 Å². The molecule has 12 heavy (non-hydrogen) atoms. The van der Waals surface area contributed by atoms with E-state index in [0.717, 1.165) is 12.8 Å². The highest BCUT2D eigenvalue weighted by Gasteiger charge is 1.92. The van der Waals surface area contributed by atoms with E-state index in [-0.39, 0.29) is 6.67 Å². The summed E-state index contributed by atoms with van der Waals surface area (Å²) in [6, 6.07) is 8.44. The van der Waals surface area contributed by atoms with Crippen LogP contribution in [0.15, 0.2) is 24.3 Å². The molecule has 0 saturated carbocycles. The summed E-state index contributed by atoms with van der Waals surface area (Å²) in [7, 11) is 0. The predicted molar refractivity (Wildman–Crippen MR) is 50.1 cm³/mol. The summed E-state index contributed by atoms with van der Waals surface area (Å²) in [5.41, 5.74) is 2.60. The van der Waals surface area contributed by atoms with Crippen LogP contribution in [0.25, 0.3) is 0 Å². The zero-order valence-corrected chi connectivity index (χ0v) is 7.52. The molecule has 0 aliphatic heterocycles. The fraction of sp³-hybridized carbons (Fsp3) is 0.455. The second-order valence-electron chi connectivity index (χ2n) is 3.13. The van der Waals surface area contributed by atoms with Crippen LogP contribution in [0, 0.1) is 6.92 Å². The van der Waals surface area contributed by atoms with Crippen molar-refractivity contribution >= 4 is 0 Å². The fourth-order valence-corrected chi connectivity index (χ4v) is 1.18. The van der Waals surface area contributed by atoms with Gasteiger partial charge in [-0.3, -0.25) is 4.39 Å². The van der Waals surface area contributed by atoms with Gasteiger partial charge in [-0.15, -0.1) is 0 Å². The molecule has 0 amide bonds. The second-order valence-corrected chi connectivity index (χ2v) is 3.13. The van der Waals surface area contributed by atoms with Crippen molar-refractivity contribution < 1.29 is 4.39 Å². The molecule has 1 rings (SSSR count). The van der Waals surface area contributed by atoms with Crippen LogP contribution in [0.2, 0.25) is 0 Å². The maximum atomic E-state index is 11.8. The summed E-state index contributed by atoms with van der Waals surface area (Å²) in [5.74, 6) is 0. The van der Waals surface area contributed by atoms with Gasteiger partial charge in [0.25, 0.3) is 0 Å². The summed E-state index contributed by atoms with van der Waals surface area (Å²) in [5, 5.41) is 0. The van der Waals surface area contributed by atoms with Crippen molar-refractivity contribution in [2.24, 2.45) is 0 Å². The number of benzene rings is 1. The molecule has 0 aliphatic carbocycles. The summed E-state index contributed by atoms with van der Waals surface area (Å²) in [6.07, 6.45) is 2.65. The number of rotatable bonds is 4. The van der Waals surface area contributed by atoms with Gasteiger partial charge in [-0.1, -0.05) is 29.8 Å². The van der Waals surface area contributed by atoms with Gasteiger partial charge in [0.15, 0.2) is 0 Å². The molecule has 66 valence electrons. The first-order valence-electron chi connectivity index (χ1n) is 4.44. The number of hydrogen-bond acceptors (Lipinski definition) is 0. The Kier molecular flexibility index (Phi) is 3.78. The van der Waals surface area contributed by atoms with E-state index >= 15 is 0 Å². The third-order valence-corrected chi connectivity index (χ3v) is 1.97. The molecule has 1 heteroatoms. The summed E-state index contributed by atoms with van der Waals surface area (Å²) >= 11 is 0. The van der Waals surface area contributed by atoms with E-state index in [1.807, 2.05) is 0 Å². The van der Waals surface area contributed by atoms with Crippen LogP contribution in [-0.2, 0) is 6.42 Å². The van der Waals surface area contributed by atoms with E-state index in [0.29, 0.717) is 6.42 Å². The van der Waals surface area contributed by atoms with Crippen LogP contribution in [0.4, 0.5) is 4.39 Å². The average Bonchev–Trinajstić information content (AvgIpc) is 2.09. The molecular formula is C11H15F. The molecule has 0 radical (unpaired) electrons. The van der Waals surface area contributed by atoms with E-state index in [4.69, 9.17) is 0 Å². The molecule has 0 N–H and O–H groups in total. The van der Waals surface area contributed by atoms with Gasteiger partial charge in [0.1, 0.15) is 0 Å². The molecule has 0 atom stereocenters. The van der Waals surface area contributed by atoms with E-state index in [1.54, 1.807) is 0 Å². The molecule has 0 saturated heterocycles. The van der Waals surface area contributed by atoms with Crippen molar-refractivity contribution in [2.75, 3.05) is 6.67 Å². The molecule has 0 aliphatic rings. The Morgan fingerprint density at radius 1 is 1.08 bits per heavy atom. The standard InChI is InChI=1S/C11H15F/c1-10-5-7-11(8-6-10)4-2-3-9-12/h5-8H,2-4,9H2,1H3. The van der Waals surface area contributed by atoms with Crippen LogP contribution >= 0.6 is 0 Å². The van der Waals surface area contributed by atoms with Crippen LogP contribution < -0.4 is 0 Å². The lowest BCUT2D eigenvalue weighted by molar-refractivity contribution is 0.462. The van der Waals surface area contributed by atoms with Gasteiger partial charge in [0, 0.05) is 0 Å². The van der Waals surface area contributed by atoms with Crippen molar-refractivity contribution in [3.05, 3.63) is 35.4 Å². The minimum atomic E-state index is -0.189.